The SMILES string of the molecule is O=C(Nc1ccc(Cl)cc1C(F)(F)F)c1cc(N2CCCC2)ncn1. The lowest BCUT2D eigenvalue weighted by atomic mass is 10.1. The van der Waals surface area contributed by atoms with E-state index in [9.17, 15) is 18.0 Å². The van der Waals surface area contributed by atoms with Crippen LogP contribution in [0.4, 0.5) is 24.7 Å². The zero-order valence-electron chi connectivity index (χ0n) is 13.0. The Morgan fingerprint density at radius 3 is 2.56 bits per heavy atom. The molecule has 2 heterocycles. The van der Waals surface area contributed by atoms with Crippen molar-refractivity contribution >= 4 is 29.0 Å². The molecule has 1 amide bonds. The second-order valence-corrected chi connectivity index (χ2v) is 6.03. The lowest BCUT2D eigenvalue weighted by molar-refractivity contribution is -0.136. The van der Waals surface area contributed by atoms with E-state index in [2.05, 4.69) is 15.3 Å². The molecule has 3 rings (SSSR count). The lowest BCUT2D eigenvalue weighted by Gasteiger charge is -2.17. The summed E-state index contributed by atoms with van der Waals surface area (Å²) < 4.78 is 39.3. The van der Waals surface area contributed by atoms with E-state index in [-0.39, 0.29) is 16.4 Å². The molecule has 0 radical (unpaired) electrons. The zero-order chi connectivity index (χ0) is 18.0. The molecule has 2 aromatic rings. The Kier molecular flexibility index (Phi) is 4.80. The van der Waals surface area contributed by atoms with Gasteiger partial charge in [-0.1, -0.05) is 11.6 Å². The van der Waals surface area contributed by atoms with Crippen molar-refractivity contribution in [3.8, 4) is 0 Å². The number of nitrogens with one attached hydrogen (secondary N) is 1. The number of aromatic nitrogens is 2. The number of carbonyl (C=O) groups is 1. The molecule has 1 fully saturated rings. The summed E-state index contributed by atoms with van der Waals surface area (Å²) in [5, 5.41) is 2.19. The maximum absolute atomic E-state index is 13.1. The van der Waals surface area contributed by atoms with Gasteiger partial charge in [-0.25, -0.2) is 9.97 Å². The molecule has 1 aliphatic rings. The number of hydrogen-bond acceptors (Lipinski definition) is 4. The van der Waals surface area contributed by atoms with Gasteiger partial charge in [0.25, 0.3) is 5.91 Å². The van der Waals surface area contributed by atoms with Crippen molar-refractivity contribution in [2.45, 2.75) is 19.0 Å². The highest BCUT2D eigenvalue weighted by Gasteiger charge is 2.34. The van der Waals surface area contributed by atoms with Crippen LogP contribution in [0.2, 0.25) is 5.02 Å². The summed E-state index contributed by atoms with van der Waals surface area (Å²) in [6.07, 6.45) is -1.34. The van der Waals surface area contributed by atoms with Crippen LogP contribution >= 0.6 is 11.6 Å². The first kappa shape index (κ1) is 17.5. The van der Waals surface area contributed by atoms with E-state index < -0.39 is 17.6 Å². The van der Waals surface area contributed by atoms with Crippen LogP contribution in [-0.4, -0.2) is 29.0 Å². The Bertz CT molecular complexity index is 791. The average molecular weight is 371 g/mol. The number of carbonyl (C=O) groups excluding carboxylic acids is 1. The van der Waals surface area contributed by atoms with Crippen molar-refractivity contribution in [2.75, 3.05) is 23.3 Å². The Labute approximate surface area is 146 Å². The number of alkyl halides is 3. The van der Waals surface area contributed by atoms with E-state index in [1.54, 1.807) is 0 Å². The topological polar surface area (TPSA) is 58.1 Å². The van der Waals surface area contributed by atoms with Crippen LogP contribution in [0.1, 0.15) is 28.9 Å². The molecular weight excluding hydrogens is 357 g/mol. The second kappa shape index (κ2) is 6.87. The van der Waals surface area contributed by atoms with E-state index in [1.165, 1.54) is 18.5 Å². The van der Waals surface area contributed by atoms with Gasteiger partial charge in [-0.3, -0.25) is 4.79 Å². The van der Waals surface area contributed by atoms with Crippen molar-refractivity contribution in [3.63, 3.8) is 0 Å². The third kappa shape index (κ3) is 4.01. The number of benzene rings is 1. The lowest BCUT2D eigenvalue weighted by Crippen LogP contribution is -2.21. The number of anilines is 2. The maximum atomic E-state index is 13.1. The number of nitrogens with zero attached hydrogens (tertiary/aromatic N) is 3. The Morgan fingerprint density at radius 2 is 1.88 bits per heavy atom. The van der Waals surface area contributed by atoms with E-state index in [1.807, 2.05) is 4.90 Å². The molecule has 0 bridgehead atoms. The normalized spacial score (nSPS) is 14.6. The fourth-order valence-corrected chi connectivity index (χ4v) is 2.81. The highest BCUT2D eigenvalue weighted by Crippen LogP contribution is 2.36. The summed E-state index contributed by atoms with van der Waals surface area (Å²) >= 11 is 5.63. The molecule has 0 unspecified atom stereocenters. The fourth-order valence-electron chi connectivity index (χ4n) is 2.64. The molecule has 9 heteroatoms. The largest absolute Gasteiger partial charge is 0.418 e. The third-order valence-electron chi connectivity index (χ3n) is 3.85. The standard InChI is InChI=1S/C16H14ClF3N4O/c17-10-3-4-12(11(7-10)16(18,19)20)23-15(25)13-8-14(22-9-21-13)24-5-1-2-6-24/h3-4,7-9H,1-2,5-6H2,(H,23,25). The quantitative estimate of drug-likeness (QED) is 0.887. The summed E-state index contributed by atoms with van der Waals surface area (Å²) in [7, 11) is 0. The van der Waals surface area contributed by atoms with Gasteiger partial charge in [0, 0.05) is 24.2 Å². The first-order valence-corrected chi connectivity index (χ1v) is 7.97. The number of rotatable bonds is 3. The molecule has 1 aromatic carbocycles. The van der Waals surface area contributed by atoms with Crippen molar-refractivity contribution in [1.82, 2.24) is 9.97 Å². The van der Waals surface area contributed by atoms with E-state index in [0.717, 1.165) is 38.1 Å². The van der Waals surface area contributed by atoms with E-state index >= 15 is 0 Å². The molecule has 0 saturated carbocycles. The molecule has 0 spiro atoms. The van der Waals surface area contributed by atoms with Crippen LogP contribution in [0.15, 0.2) is 30.6 Å². The summed E-state index contributed by atoms with van der Waals surface area (Å²) in [6.45, 7) is 1.65. The van der Waals surface area contributed by atoms with Gasteiger partial charge in [-0.05, 0) is 31.0 Å². The molecule has 132 valence electrons. The molecule has 0 atom stereocenters. The Morgan fingerprint density at radius 1 is 1.16 bits per heavy atom. The number of hydrogen-bond donors (Lipinski definition) is 1. The van der Waals surface area contributed by atoms with Crippen LogP contribution in [0.5, 0.6) is 0 Å². The predicted molar refractivity (Wildman–Crippen MR) is 87.9 cm³/mol. The fraction of sp³-hybridized carbons (Fsp3) is 0.312. The summed E-state index contributed by atoms with van der Waals surface area (Å²) in [4.78, 5) is 22.3. The van der Waals surface area contributed by atoms with Gasteiger partial charge in [0.2, 0.25) is 0 Å². The molecule has 1 saturated heterocycles. The van der Waals surface area contributed by atoms with Gasteiger partial charge in [-0.15, -0.1) is 0 Å². The second-order valence-electron chi connectivity index (χ2n) is 5.60. The minimum Gasteiger partial charge on any atom is -0.357 e. The highest BCUT2D eigenvalue weighted by molar-refractivity contribution is 6.30. The average Bonchev–Trinajstić information content (AvgIpc) is 3.10. The zero-order valence-corrected chi connectivity index (χ0v) is 13.7. The van der Waals surface area contributed by atoms with Gasteiger partial charge in [0.1, 0.15) is 17.8 Å². The van der Waals surface area contributed by atoms with Crippen LogP contribution in [-0.2, 0) is 6.18 Å². The van der Waals surface area contributed by atoms with Gasteiger partial charge in [-0.2, -0.15) is 13.2 Å². The van der Waals surface area contributed by atoms with Crippen LogP contribution in [0.3, 0.4) is 0 Å². The molecule has 1 N–H and O–H groups in total. The van der Waals surface area contributed by atoms with Crippen molar-refractivity contribution in [1.29, 1.82) is 0 Å². The summed E-state index contributed by atoms with van der Waals surface area (Å²) in [5.41, 5.74) is -1.38. The minimum absolute atomic E-state index is 0.0000236. The predicted octanol–water partition coefficient (Wildman–Crippen LogP) is 4.00. The smallest absolute Gasteiger partial charge is 0.357 e. The molecule has 1 aliphatic heterocycles. The first-order chi connectivity index (χ1) is 11.8. The first-order valence-electron chi connectivity index (χ1n) is 7.60. The van der Waals surface area contributed by atoms with Crippen molar-refractivity contribution in [3.05, 3.63) is 46.9 Å². The molecule has 5 nitrogen and oxygen atoms in total. The van der Waals surface area contributed by atoms with E-state index in [4.69, 9.17) is 11.6 Å². The monoisotopic (exact) mass is 370 g/mol. The summed E-state index contributed by atoms with van der Waals surface area (Å²) in [5.74, 6) is -0.152. The van der Waals surface area contributed by atoms with Gasteiger partial charge < -0.3 is 10.2 Å². The van der Waals surface area contributed by atoms with Gasteiger partial charge in [0.05, 0.1) is 11.3 Å². The van der Waals surface area contributed by atoms with Crippen LogP contribution < -0.4 is 10.2 Å². The minimum atomic E-state index is -4.64. The van der Waals surface area contributed by atoms with E-state index in [0.29, 0.717) is 5.82 Å². The maximum Gasteiger partial charge on any atom is 0.418 e. The molecule has 25 heavy (non-hydrogen) atoms. The number of amides is 1. The molecule has 0 aliphatic carbocycles. The van der Waals surface area contributed by atoms with Gasteiger partial charge in [0.15, 0.2) is 0 Å². The summed E-state index contributed by atoms with van der Waals surface area (Å²) in [6, 6.07) is 4.64. The Hall–Kier alpha value is -2.35. The van der Waals surface area contributed by atoms with Crippen molar-refractivity contribution in [2.24, 2.45) is 0 Å². The highest BCUT2D eigenvalue weighted by atomic mass is 35.5. The van der Waals surface area contributed by atoms with Crippen molar-refractivity contribution < 1.29 is 18.0 Å². The van der Waals surface area contributed by atoms with Crippen LogP contribution in [0, 0.1) is 0 Å². The van der Waals surface area contributed by atoms with Gasteiger partial charge >= 0.3 is 6.18 Å². The van der Waals surface area contributed by atoms with Crippen LogP contribution in [0.25, 0.3) is 0 Å². The number of halogens is 4. The Balaban J connectivity index is 1.84. The molecular formula is C16H14ClF3N4O. The third-order valence-corrected chi connectivity index (χ3v) is 4.09. The molecule has 1 aromatic heterocycles.